The average molecular weight is 307 g/mol. The SMILES string of the molecule is CCCC1CN(Cc2ccccc2Cl)C2(CCCC2)CN1. The summed E-state index contributed by atoms with van der Waals surface area (Å²) in [7, 11) is 0. The van der Waals surface area contributed by atoms with Crippen molar-refractivity contribution < 1.29 is 0 Å². The lowest BCUT2D eigenvalue weighted by Gasteiger charge is -2.48. The second kappa shape index (κ2) is 6.68. The molecule has 1 spiro atoms. The predicted octanol–water partition coefficient (Wildman–Crippen LogP) is 4.23. The van der Waals surface area contributed by atoms with Gasteiger partial charge in [-0.2, -0.15) is 0 Å². The van der Waals surface area contributed by atoms with Crippen LogP contribution in [0.4, 0.5) is 0 Å². The highest BCUT2D eigenvalue weighted by Gasteiger charge is 2.43. The average Bonchev–Trinajstić information content (AvgIpc) is 2.95. The van der Waals surface area contributed by atoms with E-state index in [4.69, 9.17) is 11.6 Å². The first-order valence-electron chi connectivity index (χ1n) is 8.45. The lowest BCUT2D eigenvalue weighted by Crippen LogP contribution is -2.63. The Morgan fingerprint density at radius 2 is 2.05 bits per heavy atom. The van der Waals surface area contributed by atoms with Crippen LogP contribution >= 0.6 is 11.6 Å². The molecule has 1 aromatic rings. The third kappa shape index (κ3) is 3.28. The Kier molecular flexibility index (Phi) is 4.88. The molecule has 0 amide bonds. The van der Waals surface area contributed by atoms with Crippen LogP contribution in [0.2, 0.25) is 5.02 Å². The van der Waals surface area contributed by atoms with E-state index < -0.39 is 0 Å². The van der Waals surface area contributed by atoms with Crippen LogP contribution in [0.25, 0.3) is 0 Å². The van der Waals surface area contributed by atoms with Gasteiger partial charge in [-0.25, -0.2) is 0 Å². The standard InChI is InChI=1S/C18H27ClN2/c1-2-7-16-13-21(12-15-8-3-4-9-17(15)19)18(14-20-16)10-5-6-11-18/h3-4,8-9,16,20H,2,5-7,10-14H2,1H3. The van der Waals surface area contributed by atoms with E-state index in [9.17, 15) is 0 Å². The Morgan fingerprint density at radius 3 is 2.76 bits per heavy atom. The van der Waals surface area contributed by atoms with Gasteiger partial charge in [0.05, 0.1) is 0 Å². The van der Waals surface area contributed by atoms with Crippen LogP contribution in [-0.4, -0.2) is 29.6 Å². The minimum Gasteiger partial charge on any atom is -0.311 e. The molecule has 1 saturated heterocycles. The summed E-state index contributed by atoms with van der Waals surface area (Å²) < 4.78 is 0. The van der Waals surface area contributed by atoms with Crippen LogP contribution in [0.5, 0.6) is 0 Å². The summed E-state index contributed by atoms with van der Waals surface area (Å²) in [6, 6.07) is 8.97. The van der Waals surface area contributed by atoms with E-state index in [-0.39, 0.29) is 0 Å². The number of hydrogen-bond acceptors (Lipinski definition) is 2. The van der Waals surface area contributed by atoms with Crippen LogP contribution in [0.1, 0.15) is 51.0 Å². The van der Waals surface area contributed by atoms with Gasteiger partial charge in [-0.15, -0.1) is 0 Å². The largest absolute Gasteiger partial charge is 0.311 e. The summed E-state index contributed by atoms with van der Waals surface area (Å²) in [5.41, 5.74) is 1.66. The number of nitrogens with one attached hydrogen (secondary N) is 1. The van der Waals surface area contributed by atoms with Crippen molar-refractivity contribution >= 4 is 11.6 Å². The molecule has 3 rings (SSSR count). The first-order chi connectivity index (χ1) is 10.2. The maximum absolute atomic E-state index is 6.39. The van der Waals surface area contributed by atoms with Crippen molar-refractivity contribution in [2.45, 2.75) is 63.6 Å². The zero-order chi connectivity index (χ0) is 14.7. The smallest absolute Gasteiger partial charge is 0.0451 e. The van der Waals surface area contributed by atoms with Crippen molar-refractivity contribution in [3.63, 3.8) is 0 Å². The summed E-state index contributed by atoms with van der Waals surface area (Å²) in [5, 5.41) is 4.72. The molecule has 1 aromatic carbocycles. The molecule has 1 saturated carbocycles. The molecule has 1 aliphatic carbocycles. The van der Waals surface area contributed by atoms with E-state index in [0.717, 1.165) is 18.1 Å². The van der Waals surface area contributed by atoms with Crippen molar-refractivity contribution in [2.75, 3.05) is 13.1 Å². The van der Waals surface area contributed by atoms with Crippen molar-refractivity contribution in [2.24, 2.45) is 0 Å². The van der Waals surface area contributed by atoms with Gasteiger partial charge in [0.25, 0.3) is 0 Å². The Morgan fingerprint density at radius 1 is 1.29 bits per heavy atom. The molecule has 1 atom stereocenters. The summed E-state index contributed by atoms with van der Waals surface area (Å²) in [4.78, 5) is 2.73. The molecule has 1 N–H and O–H groups in total. The summed E-state index contributed by atoms with van der Waals surface area (Å²) in [5.74, 6) is 0. The van der Waals surface area contributed by atoms with E-state index in [1.807, 2.05) is 12.1 Å². The minimum atomic E-state index is 0.378. The van der Waals surface area contributed by atoms with Crippen LogP contribution in [0, 0.1) is 0 Å². The highest BCUT2D eigenvalue weighted by atomic mass is 35.5. The zero-order valence-electron chi connectivity index (χ0n) is 13.1. The molecule has 1 unspecified atom stereocenters. The normalized spacial score (nSPS) is 25.5. The van der Waals surface area contributed by atoms with Crippen molar-refractivity contribution in [1.29, 1.82) is 0 Å². The van der Waals surface area contributed by atoms with Crippen molar-refractivity contribution in [3.05, 3.63) is 34.9 Å². The van der Waals surface area contributed by atoms with E-state index in [1.165, 1.54) is 50.6 Å². The molecule has 0 bridgehead atoms. The Hall–Kier alpha value is -0.570. The van der Waals surface area contributed by atoms with Gasteiger partial charge >= 0.3 is 0 Å². The maximum Gasteiger partial charge on any atom is 0.0451 e. The monoisotopic (exact) mass is 306 g/mol. The van der Waals surface area contributed by atoms with Gasteiger partial charge < -0.3 is 5.32 Å². The summed E-state index contributed by atoms with van der Waals surface area (Å²) in [6.07, 6.45) is 7.95. The van der Waals surface area contributed by atoms with E-state index in [0.29, 0.717) is 11.6 Å². The number of benzene rings is 1. The number of halogens is 1. The summed E-state index contributed by atoms with van der Waals surface area (Å²) >= 11 is 6.39. The molecule has 0 radical (unpaired) electrons. The van der Waals surface area contributed by atoms with Gasteiger partial charge in [0.2, 0.25) is 0 Å². The molecule has 3 heteroatoms. The molecular formula is C18H27ClN2. The second-order valence-corrected chi connectivity index (χ2v) is 7.18. The first kappa shape index (κ1) is 15.3. The molecular weight excluding hydrogens is 280 g/mol. The fourth-order valence-electron chi connectivity index (χ4n) is 4.10. The zero-order valence-corrected chi connectivity index (χ0v) is 13.8. The predicted molar refractivity (Wildman–Crippen MR) is 89.8 cm³/mol. The molecule has 1 aliphatic heterocycles. The number of hydrogen-bond donors (Lipinski definition) is 1. The molecule has 116 valence electrons. The third-order valence-electron chi connectivity index (χ3n) is 5.32. The molecule has 2 fully saturated rings. The van der Waals surface area contributed by atoms with Crippen molar-refractivity contribution in [3.8, 4) is 0 Å². The lowest BCUT2D eigenvalue weighted by atomic mass is 9.89. The minimum absolute atomic E-state index is 0.378. The molecule has 2 aliphatic rings. The van der Waals surface area contributed by atoms with E-state index in [1.54, 1.807) is 0 Å². The number of rotatable bonds is 4. The Balaban J connectivity index is 1.78. The maximum atomic E-state index is 6.39. The van der Waals surface area contributed by atoms with E-state index in [2.05, 4.69) is 29.3 Å². The van der Waals surface area contributed by atoms with Crippen molar-refractivity contribution in [1.82, 2.24) is 10.2 Å². The van der Waals surface area contributed by atoms with E-state index >= 15 is 0 Å². The Labute approximate surface area is 133 Å². The molecule has 2 nitrogen and oxygen atoms in total. The quantitative estimate of drug-likeness (QED) is 0.895. The second-order valence-electron chi connectivity index (χ2n) is 6.77. The first-order valence-corrected chi connectivity index (χ1v) is 8.83. The van der Waals surface area contributed by atoms with Gasteiger partial charge in [0, 0.05) is 36.2 Å². The Bertz CT molecular complexity index is 468. The van der Waals surface area contributed by atoms with Crippen LogP contribution in [0.3, 0.4) is 0 Å². The highest BCUT2D eigenvalue weighted by Crippen LogP contribution is 2.38. The molecule has 0 aromatic heterocycles. The fraction of sp³-hybridized carbons (Fsp3) is 0.667. The van der Waals surface area contributed by atoms with Gasteiger partial charge in [0.1, 0.15) is 0 Å². The van der Waals surface area contributed by atoms with Gasteiger partial charge in [-0.1, -0.05) is 56.0 Å². The van der Waals surface area contributed by atoms with Gasteiger partial charge in [0.15, 0.2) is 0 Å². The fourth-order valence-corrected chi connectivity index (χ4v) is 4.30. The number of nitrogens with zero attached hydrogens (tertiary/aromatic N) is 1. The topological polar surface area (TPSA) is 15.3 Å². The van der Waals surface area contributed by atoms with Gasteiger partial charge in [-0.3, -0.25) is 4.90 Å². The molecule has 1 heterocycles. The lowest BCUT2D eigenvalue weighted by molar-refractivity contribution is 0.0338. The van der Waals surface area contributed by atoms with Crippen LogP contribution < -0.4 is 5.32 Å². The third-order valence-corrected chi connectivity index (χ3v) is 5.69. The highest BCUT2D eigenvalue weighted by molar-refractivity contribution is 6.31. The van der Waals surface area contributed by atoms with Crippen LogP contribution in [0.15, 0.2) is 24.3 Å². The van der Waals surface area contributed by atoms with Gasteiger partial charge in [-0.05, 0) is 30.9 Å². The summed E-state index contributed by atoms with van der Waals surface area (Å²) in [6.45, 7) is 5.60. The number of piperazine rings is 1. The van der Waals surface area contributed by atoms with Crippen LogP contribution in [-0.2, 0) is 6.54 Å². The molecule has 21 heavy (non-hydrogen) atoms.